The Balaban J connectivity index is 0.917. The van der Waals surface area contributed by atoms with E-state index in [9.17, 15) is 0 Å². The van der Waals surface area contributed by atoms with Gasteiger partial charge in [0.15, 0.2) is 0 Å². The van der Waals surface area contributed by atoms with Crippen LogP contribution in [0.25, 0.3) is 66.8 Å². The van der Waals surface area contributed by atoms with Crippen LogP contribution in [-0.4, -0.2) is 0 Å². The highest BCUT2D eigenvalue weighted by atomic mass is 16.3. The molecule has 2 nitrogen and oxygen atoms in total. The quantitative estimate of drug-likeness (QED) is 0.144. The summed E-state index contributed by atoms with van der Waals surface area (Å²) in [6.45, 7) is 0. The van der Waals surface area contributed by atoms with Crippen LogP contribution in [0.1, 0.15) is 22.3 Å². The van der Waals surface area contributed by atoms with Crippen LogP contribution in [0.5, 0.6) is 0 Å². The van der Waals surface area contributed by atoms with Gasteiger partial charge in [0.1, 0.15) is 11.3 Å². The Morgan fingerprint density at radius 2 is 0.692 bits per heavy atom. The summed E-state index contributed by atoms with van der Waals surface area (Å²) in [5, 5.41) is 1.14. The Labute approximate surface area is 380 Å². The zero-order chi connectivity index (χ0) is 43.2. The molecule has 1 aromatic heterocycles. The summed E-state index contributed by atoms with van der Waals surface area (Å²) in [5.74, 6) is 0.943. The molecular formula is C63H43NO. The second-order valence-corrected chi connectivity index (χ2v) is 16.8. The van der Waals surface area contributed by atoms with Gasteiger partial charge in [-0.25, -0.2) is 0 Å². The summed E-state index contributed by atoms with van der Waals surface area (Å²) in [6.07, 6.45) is 0. The minimum Gasteiger partial charge on any atom is -0.456 e. The van der Waals surface area contributed by atoms with E-state index in [0.717, 1.165) is 61.6 Å². The number of rotatable bonds is 9. The van der Waals surface area contributed by atoms with Gasteiger partial charge in [0.25, 0.3) is 0 Å². The molecule has 1 aliphatic carbocycles. The first-order chi connectivity index (χ1) is 32.2. The van der Waals surface area contributed by atoms with Gasteiger partial charge in [-0.2, -0.15) is 0 Å². The van der Waals surface area contributed by atoms with Crippen molar-refractivity contribution in [3.8, 4) is 55.8 Å². The van der Waals surface area contributed by atoms with Crippen molar-refractivity contribution in [1.82, 2.24) is 0 Å². The van der Waals surface area contributed by atoms with Gasteiger partial charge in [-0.1, -0.05) is 218 Å². The summed E-state index contributed by atoms with van der Waals surface area (Å²) < 4.78 is 6.93. The van der Waals surface area contributed by atoms with Gasteiger partial charge in [-0.05, 0) is 104 Å². The maximum atomic E-state index is 6.93. The number of anilines is 3. The Hall–Kier alpha value is -8.46. The van der Waals surface area contributed by atoms with Gasteiger partial charge in [0.2, 0.25) is 0 Å². The molecular weight excluding hydrogens is 787 g/mol. The van der Waals surface area contributed by atoms with Gasteiger partial charge < -0.3 is 9.32 Å². The highest BCUT2D eigenvalue weighted by Crippen LogP contribution is 2.61. The van der Waals surface area contributed by atoms with Crippen LogP contribution in [0.4, 0.5) is 17.1 Å². The number of hydrogen-bond donors (Lipinski definition) is 0. The molecule has 1 aliphatic rings. The highest BCUT2D eigenvalue weighted by Gasteiger charge is 2.50. The van der Waals surface area contributed by atoms with Gasteiger partial charge in [-0.15, -0.1) is 0 Å². The van der Waals surface area contributed by atoms with Crippen molar-refractivity contribution in [2.45, 2.75) is 5.41 Å². The van der Waals surface area contributed by atoms with E-state index in [0.29, 0.717) is 0 Å². The maximum Gasteiger partial charge on any atom is 0.141 e. The first-order valence-corrected chi connectivity index (χ1v) is 22.3. The molecule has 65 heavy (non-hydrogen) atoms. The lowest BCUT2D eigenvalue weighted by Crippen LogP contribution is -2.28. The van der Waals surface area contributed by atoms with Crippen LogP contribution in [-0.2, 0) is 5.41 Å². The third kappa shape index (κ3) is 6.50. The molecule has 0 atom stereocenters. The van der Waals surface area contributed by atoms with Crippen LogP contribution < -0.4 is 4.90 Å². The summed E-state index contributed by atoms with van der Waals surface area (Å²) in [6, 6.07) is 94.0. The number of para-hydroxylation sites is 1. The first kappa shape index (κ1) is 38.2. The van der Waals surface area contributed by atoms with Crippen molar-refractivity contribution < 1.29 is 4.42 Å². The normalized spacial score (nSPS) is 12.4. The molecule has 0 saturated carbocycles. The molecule has 0 spiro atoms. The number of nitrogens with zero attached hydrogens (tertiary/aromatic N) is 1. The molecule has 0 saturated heterocycles. The fourth-order valence-electron chi connectivity index (χ4n) is 10.2. The SMILES string of the molecule is c1ccc(-c2ccc(N(c3ccc(-c4ccccc4)cc3)c3ccc(-c4ccc(-c5cccc6c5-c5oc7ccccc7c5C6(c5ccccc5)c5ccccc5)cc4)cc3)cc2)cc1. The van der Waals surface area contributed by atoms with Crippen LogP contribution in [0.15, 0.2) is 265 Å². The van der Waals surface area contributed by atoms with Crippen molar-refractivity contribution in [3.63, 3.8) is 0 Å². The van der Waals surface area contributed by atoms with E-state index in [4.69, 9.17) is 4.42 Å². The van der Waals surface area contributed by atoms with Gasteiger partial charge >= 0.3 is 0 Å². The summed E-state index contributed by atoms with van der Waals surface area (Å²) in [4.78, 5) is 2.34. The Bertz CT molecular complexity index is 3290. The molecule has 1 heterocycles. The molecule has 0 bridgehead atoms. The first-order valence-electron chi connectivity index (χ1n) is 22.3. The summed E-state index contributed by atoms with van der Waals surface area (Å²) >= 11 is 0. The Morgan fingerprint density at radius 1 is 0.308 bits per heavy atom. The van der Waals surface area contributed by atoms with Crippen LogP contribution in [0, 0.1) is 0 Å². The van der Waals surface area contributed by atoms with E-state index < -0.39 is 5.41 Å². The zero-order valence-electron chi connectivity index (χ0n) is 35.7. The van der Waals surface area contributed by atoms with E-state index in [-0.39, 0.29) is 0 Å². The van der Waals surface area contributed by atoms with Crippen molar-refractivity contribution in [3.05, 3.63) is 283 Å². The van der Waals surface area contributed by atoms with Gasteiger partial charge in [-0.3, -0.25) is 0 Å². The average molecular weight is 830 g/mol. The second kappa shape index (κ2) is 16.0. The van der Waals surface area contributed by atoms with Crippen molar-refractivity contribution in [2.24, 2.45) is 0 Å². The fourth-order valence-corrected chi connectivity index (χ4v) is 10.2. The van der Waals surface area contributed by atoms with Crippen LogP contribution in [0.3, 0.4) is 0 Å². The number of benzene rings is 10. The summed E-state index contributed by atoms with van der Waals surface area (Å²) in [7, 11) is 0. The third-order valence-corrected chi connectivity index (χ3v) is 13.2. The topological polar surface area (TPSA) is 16.4 Å². The smallest absolute Gasteiger partial charge is 0.141 e. The van der Waals surface area contributed by atoms with Crippen molar-refractivity contribution >= 4 is 28.0 Å². The Kier molecular flexibility index (Phi) is 9.43. The standard InChI is InChI=1S/C63H43NO/c1-5-16-44(17-6-1)47-32-38-53(39-33-47)64(54-40-34-48(35-41-54)45-18-7-2-8-19-45)55-42-36-49(37-43-55)46-28-30-50(31-29-46)56-25-15-26-58-60(56)62-61(57-24-13-14-27-59(57)65-62)63(58,51-20-9-3-10-21-51)52-22-11-4-12-23-52/h1-43H. The number of furan rings is 1. The molecule has 12 rings (SSSR count). The van der Waals surface area contributed by atoms with E-state index in [1.54, 1.807) is 0 Å². The molecule has 0 unspecified atom stereocenters. The number of fused-ring (bicyclic) bond motifs is 5. The molecule has 2 heteroatoms. The predicted octanol–water partition coefficient (Wildman–Crippen LogP) is 16.9. The Morgan fingerprint density at radius 3 is 1.17 bits per heavy atom. The molecule has 0 radical (unpaired) electrons. The minimum absolute atomic E-state index is 0.556. The van der Waals surface area contributed by atoms with Crippen LogP contribution >= 0.6 is 0 Å². The highest BCUT2D eigenvalue weighted by molar-refractivity contribution is 6.02. The lowest BCUT2D eigenvalue weighted by molar-refractivity contribution is 0.628. The monoisotopic (exact) mass is 829 g/mol. The van der Waals surface area contributed by atoms with E-state index >= 15 is 0 Å². The zero-order valence-corrected chi connectivity index (χ0v) is 35.7. The molecule has 306 valence electrons. The van der Waals surface area contributed by atoms with E-state index in [1.165, 1.54) is 44.5 Å². The average Bonchev–Trinajstić information content (AvgIpc) is 3.92. The van der Waals surface area contributed by atoms with Gasteiger partial charge in [0, 0.05) is 33.6 Å². The third-order valence-electron chi connectivity index (χ3n) is 13.2. The molecule has 10 aromatic carbocycles. The molecule has 0 aliphatic heterocycles. The minimum atomic E-state index is -0.556. The maximum absolute atomic E-state index is 6.93. The van der Waals surface area contributed by atoms with Crippen molar-refractivity contribution in [2.75, 3.05) is 4.90 Å². The molecule has 0 fully saturated rings. The number of hydrogen-bond acceptors (Lipinski definition) is 2. The lowest BCUT2D eigenvalue weighted by Gasteiger charge is -2.33. The molecule has 0 amide bonds. The largest absolute Gasteiger partial charge is 0.456 e. The fraction of sp³-hybridized carbons (Fsp3) is 0.0159. The van der Waals surface area contributed by atoms with Gasteiger partial charge in [0.05, 0.1) is 5.41 Å². The molecule has 11 aromatic rings. The lowest BCUT2D eigenvalue weighted by atomic mass is 9.67. The predicted molar refractivity (Wildman–Crippen MR) is 270 cm³/mol. The van der Waals surface area contributed by atoms with E-state index in [2.05, 4.69) is 266 Å². The van der Waals surface area contributed by atoms with Crippen molar-refractivity contribution in [1.29, 1.82) is 0 Å². The molecule has 0 N–H and O–H groups in total. The second-order valence-electron chi connectivity index (χ2n) is 16.8. The summed E-state index contributed by atoms with van der Waals surface area (Å²) in [5.41, 5.74) is 19.1. The van der Waals surface area contributed by atoms with Crippen LogP contribution in [0.2, 0.25) is 0 Å². The van der Waals surface area contributed by atoms with E-state index in [1.807, 2.05) is 0 Å².